The Morgan fingerprint density at radius 3 is 2.22 bits per heavy atom. The lowest BCUT2D eigenvalue weighted by atomic mass is 10.2. The van der Waals surface area contributed by atoms with Gasteiger partial charge in [-0.1, -0.05) is 18.6 Å². The zero-order chi connectivity index (χ0) is 13.0. The Morgan fingerprint density at radius 2 is 1.67 bits per heavy atom. The predicted octanol–water partition coefficient (Wildman–Crippen LogP) is 1.40. The predicted molar refractivity (Wildman–Crippen MR) is 69.8 cm³/mol. The van der Waals surface area contributed by atoms with Gasteiger partial charge >= 0.3 is 0 Å². The van der Waals surface area contributed by atoms with Gasteiger partial charge in [0.2, 0.25) is 10.0 Å². The molecule has 0 bridgehead atoms. The van der Waals surface area contributed by atoms with E-state index in [0.29, 0.717) is 24.4 Å². The fourth-order valence-electron chi connectivity index (χ4n) is 2.21. The van der Waals surface area contributed by atoms with E-state index >= 15 is 0 Å². The molecule has 0 amide bonds. The van der Waals surface area contributed by atoms with Gasteiger partial charge in [0.05, 0.1) is 4.90 Å². The van der Waals surface area contributed by atoms with Crippen LogP contribution in [0.2, 0.25) is 0 Å². The Hall–Kier alpha value is -0.910. The van der Waals surface area contributed by atoms with Crippen molar-refractivity contribution < 1.29 is 13.5 Å². The molecular formula is C13H19NO3S. The molecule has 1 aromatic rings. The molecule has 2 rings (SSSR count). The van der Waals surface area contributed by atoms with Gasteiger partial charge in [-0.05, 0) is 37.0 Å². The summed E-state index contributed by atoms with van der Waals surface area (Å²) < 4.78 is 26.2. The largest absolute Gasteiger partial charge is 0.396 e. The number of sulfonamides is 1. The molecule has 0 unspecified atom stereocenters. The van der Waals surface area contributed by atoms with Crippen LogP contribution in [0.1, 0.15) is 24.8 Å². The first-order valence-corrected chi connectivity index (χ1v) is 7.78. The van der Waals surface area contributed by atoms with Gasteiger partial charge < -0.3 is 5.11 Å². The molecule has 100 valence electrons. The molecule has 18 heavy (non-hydrogen) atoms. The first-order valence-electron chi connectivity index (χ1n) is 6.34. The first kappa shape index (κ1) is 13.5. The lowest BCUT2D eigenvalue weighted by Gasteiger charge is -2.25. The molecule has 5 heteroatoms. The minimum atomic E-state index is -3.32. The lowest BCUT2D eigenvalue weighted by molar-refractivity contribution is 0.299. The number of piperidine rings is 1. The van der Waals surface area contributed by atoms with Gasteiger partial charge in [-0.2, -0.15) is 4.31 Å². The van der Waals surface area contributed by atoms with Gasteiger partial charge in [-0.3, -0.25) is 0 Å². The molecule has 4 nitrogen and oxygen atoms in total. The normalized spacial score (nSPS) is 17.8. The van der Waals surface area contributed by atoms with E-state index in [0.717, 1.165) is 24.8 Å². The number of rotatable bonds is 4. The summed E-state index contributed by atoms with van der Waals surface area (Å²) in [4.78, 5) is 0.353. The van der Waals surface area contributed by atoms with Gasteiger partial charge in [0, 0.05) is 19.7 Å². The minimum absolute atomic E-state index is 0.0816. The smallest absolute Gasteiger partial charge is 0.243 e. The lowest BCUT2D eigenvalue weighted by Crippen LogP contribution is -2.35. The Labute approximate surface area is 108 Å². The number of aliphatic hydroxyl groups is 1. The van der Waals surface area contributed by atoms with E-state index in [1.807, 2.05) is 0 Å². The summed E-state index contributed by atoms with van der Waals surface area (Å²) in [6.45, 7) is 1.33. The highest BCUT2D eigenvalue weighted by Gasteiger charge is 2.25. The molecule has 0 aromatic heterocycles. The molecule has 1 aromatic carbocycles. The van der Waals surface area contributed by atoms with Gasteiger partial charge in [-0.25, -0.2) is 8.42 Å². The SMILES string of the molecule is O=S(=O)(c1ccc(CCO)cc1)N1CCCCC1. The van der Waals surface area contributed by atoms with Crippen LogP contribution in [0.3, 0.4) is 0 Å². The van der Waals surface area contributed by atoms with Crippen LogP contribution >= 0.6 is 0 Å². The maximum Gasteiger partial charge on any atom is 0.243 e. The average Bonchev–Trinajstić information content (AvgIpc) is 2.41. The number of nitrogens with zero attached hydrogens (tertiary/aromatic N) is 1. The van der Waals surface area contributed by atoms with Crippen molar-refractivity contribution in [2.75, 3.05) is 19.7 Å². The van der Waals surface area contributed by atoms with Crippen LogP contribution < -0.4 is 0 Å². The standard InChI is InChI=1S/C13H19NO3S/c15-11-8-12-4-6-13(7-5-12)18(16,17)14-9-2-1-3-10-14/h4-7,15H,1-3,8-11H2. The zero-order valence-corrected chi connectivity index (χ0v) is 11.2. The van der Waals surface area contributed by atoms with Crippen molar-refractivity contribution in [1.29, 1.82) is 0 Å². The average molecular weight is 269 g/mol. The van der Waals surface area contributed by atoms with Gasteiger partial charge in [-0.15, -0.1) is 0 Å². The topological polar surface area (TPSA) is 57.6 Å². The van der Waals surface area contributed by atoms with Gasteiger partial charge in [0.15, 0.2) is 0 Å². The summed E-state index contributed by atoms with van der Waals surface area (Å²) in [6, 6.07) is 6.81. The van der Waals surface area contributed by atoms with E-state index in [-0.39, 0.29) is 6.61 Å². The third-order valence-electron chi connectivity index (χ3n) is 3.28. The maximum absolute atomic E-state index is 12.3. The van der Waals surface area contributed by atoms with Crippen LogP contribution in [0, 0.1) is 0 Å². The van der Waals surface area contributed by atoms with E-state index in [2.05, 4.69) is 0 Å². The van der Waals surface area contributed by atoms with Crippen molar-refractivity contribution in [3.8, 4) is 0 Å². The molecule has 0 atom stereocenters. The second-order valence-electron chi connectivity index (χ2n) is 4.58. The van der Waals surface area contributed by atoms with E-state index in [9.17, 15) is 8.42 Å². The maximum atomic E-state index is 12.3. The quantitative estimate of drug-likeness (QED) is 0.899. The summed E-state index contributed by atoms with van der Waals surface area (Å²) in [6.07, 6.45) is 3.56. The zero-order valence-electron chi connectivity index (χ0n) is 10.4. The molecular weight excluding hydrogens is 250 g/mol. The number of aliphatic hydroxyl groups excluding tert-OH is 1. The molecule has 0 saturated carbocycles. The summed E-state index contributed by atoms with van der Waals surface area (Å²) in [5, 5.41) is 8.83. The van der Waals surface area contributed by atoms with E-state index in [1.54, 1.807) is 28.6 Å². The highest BCUT2D eigenvalue weighted by atomic mass is 32.2. The second kappa shape index (κ2) is 5.82. The molecule has 0 radical (unpaired) electrons. The van der Waals surface area contributed by atoms with Crippen LogP contribution in [0.4, 0.5) is 0 Å². The van der Waals surface area contributed by atoms with Gasteiger partial charge in [0.25, 0.3) is 0 Å². The number of benzene rings is 1. The molecule has 1 heterocycles. The van der Waals surface area contributed by atoms with Crippen LogP contribution in [0.5, 0.6) is 0 Å². The van der Waals surface area contributed by atoms with Crippen molar-refractivity contribution in [3.63, 3.8) is 0 Å². The van der Waals surface area contributed by atoms with E-state index in [4.69, 9.17) is 5.11 Å². The second-order valence-corrected chi connectivity index (χ2v) is 6.52. The Kier molecular flexibility index (Phi) is 4.37. The Morgan fingerprint density at radius 1 is 1.06 bits per heavy atom. The van der Waals surface area contributed by atoms with Crippen molar-refractivity contribution >= 4 is 10.0 Å². The minimum Gasteiger partial charge on any atom is -0.396 e. The molecule has 1 aliphatic heterocycles. The van der Waals surface area contributed by atoms with Crippen LogP contribution in [-0.2, 0) is 16.4 Å². The van der Waals surface area contributed by atoms with E-state index < -0.39 is 10.0 Å². The summed E-state index contributed by atoms with van der Waals surface area (Å²) in [5.41, 5.74) is 0.954. The van der Waals surface area contributed by atoms with Crippen molar-refractivity contribution in [1.82, 2.24) is 4.31 Å². The van der Waals surface area contributed by atoms with Crippen molar-refractivity contribution in [2.45, 2.75) is 30.6 Å². The molecule has 1 fully saturated rings. The molecule has 0 spiro atoms. The third-order valence-corrected chi connectivity index (χ3v) is 5.19. The highest BCUT2D eigenvalue weighted by Crippen LogP contribution is 2.20. The fourth-order valence-corrected chi connectivity index (χ4v) is 3.73. The fraction of sp³-hybridized carbons (Fsp3) is 0.538. The summed E-state index contributed by atoms with van der Waals surface area (Å²) >= 11 is 0. The Balaban J connectivity index is 2.18. The molecule has 1 N–H and O–H groups in total. The molecule has 1 aliphatic rings. The van der Waals surface area contributed by atoms with Crippen molar-refractivity contribution in [2.24, 2.45) is 0 Å². The van der Waals surface area contributed by atoms with Gasteiger partial charge in [0.1, 0.15) is 0 Å². The summed E-state index contributed by atoms with van der Waals surface area (Å²) in [5.74, 6) is 0. The third kappa shape index (κ3) is 2.91. The van der Waals surface area contributed by atoms with Crippen LogP contribution in [0.25, 0.3) is 0 Å². The monoisotopic (exact) mass is 269 g/mol. The van der Waals surface area contributed by atoms with Crippen LogP contribution in [-0.4, -0.2) is 37.5 Å². The molecule has 1 saturated heterocycles. The number of hydrogen-bond acceptors (Lipinski definition) is 3. The highest BCUT2D eigenvalue weighted by molar-refractivity contribution is 7.89. The Bertz CT molecular complexity index is 475. The molecule has 0 aliphatic carbocycles. The van der Waals surface area contributed by atoms with Crippen LogP contribution in [0.15, 0.2) is 29.2 Å². The number of hydrogen-bond donors (Lipinski definition) is 1. The van der Waals surface area contributed by atoms with E-state index in [1.165, 1.54) is 0 Å². The summed E-state index contributed by atoms with van der Waals surface area (Å²) in [7, 11) is -3.32. The first-order chi connectivity index (χ1) is 8.64. The van der Waals surface area contributed by atoms with Crippen molar-refractivity contribution in [3.05, 3.63) is 29.8 Å².